The first-order valence-electron chi connectivity index (χ1n) is 6.59. The Balaban J connectivity index is 4.31. The highest BCUT2D eigenvalue weighted by Crippen LogP contribution is 2.19. The Morgan fingerprint density at radius 3 is 2.16 bits per heavy atom. The van der Waals surface area contributed by atoms with Crippen molar-refractivity contribution >= 4 is 0 Å². The summed E-state index contributed by atoms with van der Waals surface area (Å²) in [6.45, 7) is 10.1. The summed E-state index contributed by atoms with van der Waals surface area (Å²) in [5, 5.41) is 38.9. The molecule has 0 aliphatic carbocycles. The van der Waals surface area contributed by atoms with Crippen molar-refractivity contribution in [1.82, 2.24) is 0 Å². The first-order valence-corrected chi connectivity index (χ1v) is 6.59. The molecule has 0 aromatic heterocycles. The van der Waals surface area contributed by atoms with Crippen LogP contribution in [0.4, 0.5) is 0 Å². The van der Waals surface area contributed by atoms with Crippen molar-refractivity contribution in [1.29, 1.82) is 0 Å². The molecule has 0 rings (SSSR count). The summed E-state index contributed by atoms with van der Waals surface area (Å²) >= 11 is 0. The molecular weight excluding hydrogens is 244 g/mol. The van der Waals surface area contributed by atoms with E-state index >= 15 is 0 Å². The summed E-state index contributed by atoms with van der Waals surface area (Å²) in [5.74, 6) is 0. The largest absolute Gasteiger partial charge is 0.390 e. The highest BCUT2D eigenvalue weighted by molar-refractivity contribution is 5.05. The highest BCUT2D eigenvalue weighted by Gasteiger charge is 2.24. The SMILES string of the molecule is C=C[C@](C)(O)C[C@H](O)/C=C(\C)CC[C@@H](O)C(C)(C)O. The van der Waals surface area contributed by atoms with Crippen LogP contribution in [-0.2, 0) is 0 Å². The molecule has 19 heavy (non-hydrogen) atoms. The average molecular weight is 272 g/mol. The zero-order valence-corrected chi connectivity index (χ0v) is 12.4. The van der Waals surface area contributed by atoms with Crippen LogP contribution in [0.3, 0.4) is 0 Å². The third-order valence-electron chi connectivity index (χ3n) is 3.17. The summed E-state index contributed by atoms with van der Waals surface area (Å²) in [6, 6.07) is 0. The standard InChI is InChI=1S/C15H28O4/c1-6-15(5,19)10-12(16)9-11(2)7-8-13(17)14(3,4)18/h6,9,12-13,16-19H,1,7-8,10H2,2-5H3/b11-9+/t12-,13-,15+/m1/s1. The van der Waals surface area contributed by atoms with Gasteiger partial charge in [0.2, 0.25) is 0 Å². The van der Waals surface area contributed by atoms with Gasteiger partial charge < -0.3 is 20.4 Å². The Kier molecular flexibility index (Phi) is 6.94. The van der Waals surface area contributed by atoms with Gasteiger partial charge >= 0.3 is 0 Å². The maximum atomic E-state index is 9.82. The molecule has 0 aliphatic heterocycles. The van der Waals surface area contributed by atoms with Gasteiger partial charge in [0.05, 0.1) is 23.4 Å². The maximum Gasteiger partial charge on any atom is 0.0849 e. The molecule has 0 aliphatic rings. The van der Waals surface area contributed by atoms with Crippen LogP contribution in [0, 0.1) is 0 Å². The molecule has 4 N–H and O–H groups in total. The lowest BCUT2D eigenvalue weighted by Gasteiger charge is -2.24. The third-order valence-corrected chi connectivity index (χ3v) is 3.17. The van der Waals surface area contributed by atoms with Crippen LogP contribution in [0.1, 0.15) is 47.0 Å². The molecule has 0 fully saturated rings. The highest BCUT2D eigenvalue weighted by atomic mass is 16.3. The summed E-state index contributed by atoms with van der Waals surface area (Å²) in [7, 11) is 0. The van der Waals surface area contributed by atoms with E-state index in [1.54, 1.807) is 26.8 Å². The van der Waals surface area contributed by atoms with Gasteiger partial charge in [-0.3, -0.25) is 0 Å². The Morgan fingerprint density at radius 2 is 1.74 bits per heavy atom. The molecule has 0 radical (unpaired) electrons. The predicted octanol–water partition coefficient (Wildman–Crippen LogP) is 1.53. The van der Waals surface area contributed by atoms with Gasteiger partial charge in [0, 0.05) is 6.42 Å². The number of aliphatic hydroxyl groups excluding tert-OH is 2. The van der Waals surface area contributed by atoms with Gasteiger partial charge in [-0.1, -0.05) is 17.7 Å². The van der Waals surface area contributed by atoms with Crippen molar-refractivity contribution in [2.24, 2.45) is 0 Å². The lowest BCUT2D eigenvalue weighted by atomic mass is 9.94. The van der Waals surface area contributed by atoms with Gasteiger partial charge in [0.25, 0.3) is 0 Å². The van der Waals surface area contributed by atoms with Crippen LogP contribution < -0.4 is 0 Å². The lowest BCUT2D eigenvalue weighted by molar-refractivity contribution is -0.0510. The summed E-state index contributed by atoms with van der Waals surface area (Å²) in [5.41, 5.74) is -1.30. The molecule has 112 valence electrons. The van der Waals surface area contributed by atoms with Crippen LogP contribution in [0.5, 0.6) is 0 Å². The molecule has 0 heterocycles. The maximum absolute atomic E-state index is 9.82. The first kappa shape index (κ1) is 18.3. The fourth-order valence-electron chi connectivity index (χ4n) is 1.70. The van der Waals surface area contributed by atoms with E-state index in [0.717, 1.165) is 5.57 Å². The zero-order valence-electron chi connectivity index (χ0n) is 12.4. The number of hydrogen-bond donors (Lipinski definition) is 4. The number of hydrogen-bond acceptors (Lipinski definition) is 4. The van der Waals surface area contributed by atoms with Gasteiger partial charge in [-0.05, 0) is 40.5 Å². The van der Waals surface area contributed by atoms with Crippen molar-refractivity contribution in [2.75, 3.05) is 0 Å². The van der Waals surface area contributed by atoms with E-state index in [2.05, 4.69) is 6.58 Å². The fourth-order valence-corrected chi connectivity index (χ4v) is 1.70. The zero-order chi connectivity index (χ0) is 15.3. The van der Waals surface area contributed by atoms with Crippen LogP contribution in [0.15, 0.2) is 24.3 Å². The van der Waals surface area contributed by atoms with Crippen molar-refractivity contribution in [3.8, 4) is 0 Å². The molecule has 0 bridgehead atoms. The molecule has 0 spiro atoms. The molecule has 0 saturated heterocycles. The van der Waals surface area contributed by atoms with Crippen LogP contribution in [-0.4, -0.2) is 43.8 Å². The van der Waals surface area contributed by atoms with Crippen molar-refractivity contribution in [3.63, 3.8) is 0 Å². The number of rotatable bonds is 8. The van der Waals surface area contributed by atoms with E-state index in [-0.39, 0.29) is 6.42 Å². The molecule has 0 saturated carbocycles. The second-order valence-electron chi connectivity index (χ2n) is 6.05. The van der Waals surface area contributed by atoms with Gasteiger partial charge in [-0.15, -0.1) is 6.58 Å². The minimum atomic E-state index is -1.12. The second kappa shape index (κ2) is 7.20. The van der Waals surface area contributed by atoms with E-state index in [9.17, 15) is 20.4 Å². The normalized spacial score (nSPS) is 19.7. The minimum absolute atomic E-state index is 0.182. The molecule has 0 amide bonds. The van der Waals surface area contributed by atoms with Gasteiger partial charge in [-0.2, -0.15) is 0 Å². The molecule has 0 aromatic rings. The Labute approximate surface area is 116 Å². The predicted molar refractivity (Wildman–Crippen MR) is 76.7 cm³/mol. The summed E-state index contributed by atoms with van der Waals surface area (Å²) in [4.78, 5) is 0. The second-order valence-corrected chi connectivity index (χ2v) is 6.05. The average Bonchev–Trinajstić information content (AvgIpc) is 2.23. The van der Waals surface area contributed by atoms with Crippen LogP contribution >= 0.6 is 0 Å². The summed E-state index contributed by atoms with van der Waals surface area (Å²) < 4.78 is 0. The third kappa shape index (κ3) is 8.16. The van der Waals surface area contributed by atoms with Crippen LogP contribution in [0.2, 0.25) is 0 Å². The Bertz CT molecular complexity index is 313. The minimum Gasteiger partial charge on any atom is -0.390 e. The smallest absolute Gasteiger partial charge is 0.0849 e. The molecule has 4 heteroatoms. The number of allylic oxidation sites excluding steroid dienone is 1. The van der Waals surface area contributed by atoms with Crippen molar-refractivity contribution in [2.45, 2.75) is 70.4 Å². The van der Waals surface area contributed by atoms with Gasteiger partial charge in [0.15, 0.2) is 0 Å². The van der Waals surface area contributed by atoms with Gasteiger partial charge in [-0.25, -0.2) is 0 Å². The molecule has 3 atom stereocenters. The fraction of sp³-hybridized carbons (Fsp3) is 0.733. The monoisotopic (exact) mass is 272 g/mol. The molecular formula is C15H28O4. The quantitative estimate of drug-likeness (QED) is 0.505. The Hall–Kier alpha value is -0.680. The molecule has 0 unspecified atom stereocenters. The molecule has 4 nitrogen and oxygen atoms in total. The van der Waals surface area contributed by atoms with Crippen molar-refractivity contribution in [3.05, 3.63) is 24.3 Å². The topological polar surface area (TPSA) is 80.9 Å². The van der Waals surface area contributed by atoms with Crippen molar-refractivity contribution < 1.29 is 20.4 Å². The molecule has 0 aromatic carbocycles. The Morgan fingerprint density at radius 1 is 1.21 bits per heavy atom. The van der Waals surface area contributed by atoms with Crippen LogP contribution in [0.25, 0.3) is 0 Å². The van der Waals surface area contributed by atoms with E-state index in [1.165, 1.54) is 6.08 Å². The first-order chi connectivity index (χ1) is 8.48. The van der Waals surface area contributed by atoms with E-state index in [4.69, 9.17) is 0 Å². The summed E-state index contributed by atoms with van der Waals surface area (Å²) in [6.07, 6.45) is 2.69. The van der Waals surface area contributed by atoms with E-state index in [0.29, 0.717) is 12.8 Å². The van der Waals surface area contributed by atoms with E-state index in [1.807, 2.05) is 6.92 Å². The van der Waals surface area contributed by atoms with Gasteiger partial charge in [0.1, 0.15) is 0 Å². The van der Waals surface area contributed by atoms with E-state index < -0.39 is 23.4 Å². The lowest BCUT2D eigenvalue weighted by Crippen LogP contribution is -2.35. The number of aliphatic hydroxyl groups is 4.